The number of carbonyl (C=O) groups is 2. The van der Waals surface area contributed by atoms with Crippen LogP contribution in [0, 0.1) is 0 Å². The normalized spacial score (nSPS) is 17.6. The molecule has 0 spiro atoms. The Balaban J connectivity index is 1.59. The molecule has 0 radical (unpaired) electrons. The fraction of sp³-hybridized carbons (Fsp3) is 0.294. The first-order chi connectivity index (χ1) is 12.9. The van der Waals surface area contributed by atoms with Crippen molar-refractivity contribution in [3.05, 3.63) is 46.8 Å². The second kappa shape index (κ2) is 8.39. The number of anilines is 1. The van der Waals surface area contributed by atoms with Crippen molar-refractivity contribution in [2.75, 3.05) is 18.4 Å². The molecule has 1 aromatic heterocycles. The van der Waals surface area contributed by atoms with Gasteiger partial charge in [0.15, 0.2) is 0 Å². The Morgan fingerprint density at radius 2 is 1.96 bits per heavy atom. The number of rotatable bonds is 5. The van der Waals surface area contributed by atoms with Gasteiger partial charge >= 0.3 is 11.8 Å². The van der Waals surface area contributed by atoms with Gasteiger partial charge in [0.25, 0.3) is 10.0 Å². The summed E-state index contributed by atoms with van der Waals surface area (Å²) in [6.45, 7) is 0.464. The monoisotopic (exact) mass is 427 g/mol. The number of hydrogen-bond donors (Lipinski definition) is 2. The van der Waals surface area contributed by atoms with E-state index in [4.69, 9.17) is 11.6 Å². The van der Waals surface area contributed by atoms with Crippen LogP contribution in [-0.2, 0) is 19.6 Å². The molecule has 0 bridgehead atoms. The summed E-state index contributed by atoms with van der Waals surface area (Å²) in [6.07, 6.45) is 1.33. The number of halogens is 1. The van der Waals surface area contributed by atoms with Gasteiger partial charge in [-0.15, -0.1) is 11.3 Å². The molecule has 1 fully saturated rings. The summed E-state index contributed by atoms with van der Waals surface area (Å²) < 4.78 is 27.1. The molecule has 1 saturated heterocycles. The molecular weight excluding hydrogens is 410 g/mol. The first-order valence-corrected chi connectivity index (χ1v) is 11.0. The fourth-order valence-corrected chi connectivity index (χ4v) is 5.88. The van der Waals surface area contributed by atoms with E-state index in [0.717, 1.165) is 11.3 Å². The zero-order valence-electron chi connectivity index (χ0n) is 14.2. The SMILES string of the molecule is O=C(NC[C@@H]1CCCN1S(=O)(=O)c1cccs1)C(=O)Nc1ccccc1Cl. The molecule has 1 aromatic carbocycles. The van der Waals surface area contributed by atoms with Crippen molar-refractivity contribution < 1.29 is 18.0 Å². The molecule has 2 heterocycles. The van der Waals surface area contributed by atoms with Gasteiger partial charge in [0, 0.05) is 19.1 Å². The van der Waals surface area contributed by atoms with Gasteiger partial charge in [0.05, 0.1) is 10.7 Å². The number of sulfonamides is 1. The second-order valence-corrected chi connectivity index (χ2v) is 9.46. The molecule has 1 aliphatic heterocycles. The van der Waals surface area contributed by atoms with E-state index in [0.29, 0.717) is 30.1 Å². The number of para-hydroxylation sites is 1. The van der Waals surface area contributed by atoms with Crippen LogP contribution in [0.3, 0.4) is 0 Å². The zero-order chi connectivity index (χ0) is 19.4. The van der Waals surface area contributed by atoms with E-state index in [9.17, 15) is 18.0 Å². The van der Waals surface area contributed by atoms with Crippen molar-refractivity contribution in [3.63, 3.8) is 0 Å². The summed E-state index contributed by atoms with van der Waals surface area (Å²) >= 11 is 7.11. The molecule has 2 amide bonds. The quantitative estimate of drug-likeness (QED) is 0.716. The number of amides is 2. The van der Waals surface area contributed by atoms with Crippen molar-refractivity contribution in [1.29, 1.82) is 0 Å². The minimum atomic E-state index is -3.58. The van der Waals surface area contributed by atoms with Crippen LogP contribution < -0.4 is 10.6 Å². The Labute approximate surface area is 166 Å². The minimum Gasteiger partial charge on any atom is -0.346 e. The maximum Gasteiger partial charge on any atom is 0.313 e. The number of benzene rings is 1. The van der Waals surface area contributed by atoms with Crippen molar-refractivity contribution in [3.8, 4) is 0 Å². The summed E-state index contributed by atoms with van der Waals surface area (Å²) in [7, 11) is -3.58. The number of thiophene rings is 1. The molecule has 2 aromatic rings. The third-order valence-corrected chi connectivity index (χ3v) is 7.86. The molecular formula is C17H18ClN3O4S2. The van der Waals surface area contributed by atoms with Crippen molar-refractivity contribution >= 4 is 50.5 Å². The van der Waals surface area contributed by atoms with E-state index in [-0.39, 0.29) is 16.8 Å². The number of nitrogens with zero attached hydrogens (tertiary/aromatic N) is 1. The molecule has 1 atom stereocenters. The Bertz CT molecular complexity index is 931. The largest absolute Gasteiger partial charge is 0.346 e. The summed E-state index contributed by atoms with van der Waals surface area (Å²) in [5.41, 5.74) is 0.335. The lowest BCUT2D eigenvalue weighted by molar-refractivity contribution is -0.136. The molecule has 0 unspecified atom stereocenters. The third kappa shape index (κ3) is 4.49. The lowest BCUT2D eigenvalue weighted by Crippen LogP contribution is -2.45. The first kappa shape index (κ1) is 19.8. The van der Waals surface area contributed by atoms with Crippen LogP contribution in [0.2, 0.25) is 5.02 Å². The standard InChI is InChI=1S/C17H18ClN3O4S2/c18-13-6-1-2-7-14(13)20-17(23)16(22)19-11-12-5-3-9-21(12)27(24,25)15-8-4-10-26-15/h1-2,4,6-8,10,12H,3,5,9,11H2,(H,19,22)(H,20,23)/t12-/m0/s1. The number of hydrogen-bond acceptors (Lipinski definition) is 5. The van der Waals surface area contributed by atoms with Crippen LogP contribution in [0.5, 0.6) is 0 Å². The van der Waals surface area contributed by atoms with E-state index in [1.54, 1.807) is 41.8 Å². The van der Waals surface area contributed by atoms with Gasteiger partial charge in [-0.05, 0) is 36.4 Å². The maximum absolute atomic E-state index is 12.7. The lowest BCUT2D eigenvalue weighted by Gasteiger charge is -2.23. The number of nitrogens with one attached hydrogen (secondary N) is 2. The highest BCUT2D eigenvalue weighted by Crippen LogP contribution is 2.28. The van der Waals surface area contributed by atoms with E-state index in [1.807, 2.05) is 0 Å². The van der Waals surface area contributed by atoms with Crippen molar-refractivity contribution in [2.24, 2.45) is 0 Å². The molecule has 27 heavy (non-hydrogen) atoms. The highest BCUT2D eigenvalue weighted by Gasteiger charge is 2.36. The van der Waals surface area contributed by atoms with E-state index in [2.05, 4.69) is 10.6 Å². The van der Waals surface area contributed by atoms with Crippen LogP contribution in [0.25, 0.3) is 0 Å². The minimum absolute atomic E-state index is 0.0688. The van der Waals surface area contributed by atoms with Gasteiger partial charge in [-0.1, -0.05) is 29.8 Å². The smallest absolute Gasteiger partial charge is 0.313 e. The lowest BCUT2D eigenvalue weighted by atomic mass is 10.2. The van der Waals surface area contributed by atoms with Crippen molar-refractivity contribution in [1.82, 2.24) is 9.62 Å². The van der Waals surface area contributed by atoms with Gasteiger partial charge < -0.3 is 10.6 Å². The predicted octanol–water partition coefficient (Wildman–Crippen LogP) is 2.31. The highest BCUT2D eigenvalue weighted by atomic mass is 35.5. The summed E-state index contributed by atoms with van der Waals surface area (Å²) in [5, 5.41) is 6.98. The summed E-state index contributed by atoms with van der Waals surface area (Å²) in [6, 6.07) is 9.44. The van der Waals surface area contributed by atoms with Crippen LogP contribution in [0.1, 0.15) is 12.8 Å². The topological polar surface area (TPSA) is 95.6 Å². The molecule has 3 rings (SSSR count). The van der Waals surface area contributed by atoms with Gasteiger partial charge in [-0.3, -0.25) is 9.59 Å². The second-order valence-electron chi connectivity index (χ2n) is 5.99. The summed E-state index contributed by atoms with van der Waals surface area (Å²) in [4.78, 5) is 24.1. The van der Waals surface area contributed by atoms with E-state index >= 15 is 0 Å². The average Bonchev–Trinajstić information content (AvgIpc) is 3.33. The van der Waals surface area contributed by atoms with Crippen LogP contribution >= 0.6 is 22.9 Å². The van der Waals surface area contributed by atoms with Crippen molar-refractivity contribution in [2.45, 2.75) is 23.1 Å². The number of carbonyl (C=O) groups excluding carboxylic acids is 2. The fourth-order valence-electron chi connectivity index (χ4n) is 2.89. The molecule has 10 heteroatoms. The Hall–Kier alpha value is -1.94. The van der Waals surface area contributed by atoms with Crippen LogP contribution in [-0.4, -0.2) is 43.7 Å². The molecule has 7 nitrogen and oxygen atoms in total. The Morgan fingerprint density at radius 3 is 2.67 bits per heavy atom. The van der Waals surface area contributed by atoms with Gasteiger partial charge in [0.1, 0.15) is 4.21 Å². The molecule has 0 aliphatic carbocycles. The predicted molar refractivity (Wildman–Crippen MR) is 104 cm³/mol. The van der Waals surface area contributed by atoms with Gasteiger partial charge in [-0.2, -0.15) is 4.31 Å². The van der Waals surface area contributed by atoms with E-state index < -0.39 is 21.8 Å². The average molecular weight is 428 g/mol. The van der Waals surface area contributed by atoms with E-state index in [1.165, 1.54) is 4.31 Å². The van der Waals surface area contributed by atoms with Gasteiger partial charge in [-0.25, -0.2) is 8.42 Å². The highest BCUT2D eigenvalue weighted by molar-refractivity contribution is 7.91. The van der Waals surface area contributed by atoms with Crippen LogP contribution in [0.15, 0.2) is 46.0 Å². The van der Waals surface area contributed by atoms with Crippen LogP contribution in [0.4, 0.5) is 5.69 Å². The Morgan fingerprint density at radius 1 is 1.19 bits per heavy atom. The maximum atomic E-state index is 12.7. The zero-order valence-corrected chi connectivity index (χ0v) is 16.6. The molecule has 1 aliphatic rings. The Kier molecular flexibility index (Phi) is 6.15. The molecule has 144 valence electrons. The molecule has 2 N–H and O–H groups in total. The summed E-state index contributed by atoms with van der Waals surface area (Å²) in [5.74, 6) is -1.69. The third-order valence-electron chi connectivity index (χ3n) is 4.21. The first-order valence-electron chi connectivity index (χ1n) is 8.28. The van der Waals surface area contributed by atoms with Gasteiger partial charge in [0.2, 0.25) is 0 Å². The molecule has 0 saturated carbocycles.